The molecule has 1 aliphatic rings. The van der Waals surface area contributed by atoms with Crippen LogP contribution in [0.25, 0.3) is 0 Å². The molecule has 0 aromatic heterocycles. The summed E-state index contributed by atoms with van der Waals surface area (Å²) >= 11 is 1.78. The number of hydrogen-bond donors (Lipinski definition) is 0. The van der Waals surface area contributed by atoms with Crippen molar-refractivity contribution >= 4 is 17.5 Å². The number of rotatable bonds is 3. The maximum absolute atomic E-state index is 11.7. The summed E-state index contributed by atoms with van der Waals surface area (Å²) in [5.41, 5.74) is 0.740. The number of allylic oxidation sites excluding steroid dienone is 1. The Morgan fingerprint density at radius 1 is 1.64 bits per heavy atom. The predicted molar refractivity (Wildman–Crippen MR) is 60.4 cm³/mol. The van der Waals surface area contributed by atoms with Crippen LogP contribution in [0, 0.1) is 5.92 Å². The number of Topliss-reactive ketones (excluding diaryl/α,β-unsaturated/α-hetero) is 1. The van der Waals surface area contributed by atoms with Gasteiger partial charge in [0.05, 0.1) is 12.2 Å². The first-order chi connectivity index (χ1) is 6.61. The lowest BCUT2D eigenvalue weighted by molar-refractivity contribution is -0.124. The lowest BCUT2D eigenvalue weighted by atomic mass is 9.90. The zero-order chi connectivity index (χ0) is 10.7. The summed E-state index contributed by atoms with van der Waals surface area (Å²) in [5, 5.41) is 0.415. The zero-order valence-electron chi connectivity index (χ0n) is 9.24. The van der Waals surface area contributed by atoms with Crippen LogP contribution in [-0.4, -0.2) is 23.4 Å². The lowest BCUT2D eigenvalue weighted by Crippen LogP contribution is -2.38. The Labute approximate surface area is 90.1 Å². The molecule has 80 valence electrons. The highest BCUT2D eigenvalue weighted by Gasteiger charge is 2.34. The minimum Gasteiger partial charge on any atom is -0.496 e. The fourth-order valence-electron chi connectivity index (χ4n) is 1.81. The van der Waals surface area contributed by atoms with Crippen molar-refractivity contribution in [1.82, 2.24) is 0 Å². The lowest BCUT2D eigenvalue weighted by Gasteiger charge is -2.32. The molecule has 0 saturated carbocycles. The van der Waals surface area contributed by atoms with Crippen LogP contribution in [0.1, 0.15) is 27.2 Å². The van der Waals surface area contributed by atoms with Crippen LogP contribution in [0.5, 0.6) is 0 Å². The SMILES string of the molecule is CC[C@H](SC)[C@@H]1OC=C(C)C(=O)[C@H]1C. The Balaban J connectivity index is 2.78. The van der Waals surface area contributed by atoms with Crippen molar-refractivity contribution in [2.24, 2.45) is 5.92 Å². The second-order valence-corrected chi connectivity index (χ2v) is 4.81. The molecule has 1 aliphatic heterocycles. The van der Waals surface area contributed by atoms with E-state index in [1.165, 1.54) is 0 Å². The molecule has 0 bridgehead atoms. The number of ketones is 1. The second kappa shape index (κ2) is 4.87. The molecule has 1 heterocycles. The highest BCUT2D eigenvalue weighted by Crippen LogP contribution is 2.29. The average molecular weight is 214 g/mol. The molecule has 0 N–H and O–H groups in total. The summed E-state index contributed by atoms with van der Waals surface area (Å²) in [4.78, 5) is 11.7. The Kier molecular flexibility index (Phi) is 4.05. The average Bonchev–Trinajstić information content (AvgIpc) is 2.19. The molecule has 0 radical (unpaired) electrons. The van der Waals surface area contributed by atoms with Gasteiger partial charge in [0.2, 0.25) is 0 Å². The Bertz CT molecular complexity index is 244. The first-order valence-corrected chi connectivity index (χ1v) is 6.29. The molecular formula is C11H18O2S. The molecule has 0 unspecified atom stereocenters. The smallest absolute Gasteiger partial charge is 0.168 e. The number of carbonyl (C=O) groups excluding carboxylic acids is 1. The molecule has 0 spiro atoms. The molecule has 1 rings (SSSR count). The van der Waals surface area contributed by atoms with Crippen molar-refractivity contribution in [2.45, 2.75) is 38.5 Å². The Morgan fingerprint density at radius 3 is 2.79 bits per heavy atom. The van der Waals surface area contributed by atoms with Crippen molar-refractivity contribution in [1.29, 1.82) is 0 Å². The fourth-order valence-corrected chi connectivity index (χ4v) is 2.71. The number of hydrogen-bond acceptors (Lipinski definition) is 3. The van der Waals surface area contributed by atoms with Crippen molar-refractivity contribution < 1.29 is 9.53 Å². The van der Waals surface area contributed by atoms with Gasteiger partial charge >= 0.3 is 0 Å². The van der Waals surface area contributed by atoms with E-state index in [4.69, 9.17) is 4.74 Å². The standard InChI is InChI=1S/C11H18O2S/c1-5-9(14-4)11-8(3)10(12)7(2)6-13-11/h6,8-9,11H,5H2,1-4H3/t8-,9+,11-/m1/s1. The van der Waals surface area contributed by atoms with Crippen LogP contribution >= 0.6 is 11.8 Å². The summed E-state index contributed by atoms with van der Waals surface area (Å²) < 4.78 is 5.61. The molecule has 0 aliphatic carbocycles. The minimum absolute atomic E-state index is 0.00241. The summed E-state index contributed by atoms with van der Waals surface area (Å²) in [5.74, 6) is 0.228. The van der Waals surface area contributed by atoms with E-state index in [1.54, 1.807) is 18.0 Å². The first kappa shape index (κ1) is 11.6. The number of carbonyl (C=O) groups is 1. The molecule has 0 amide bonds. The number of thioether (sulfide) groups is 1. The molecule has 3 atom stereocenters. The maximum Gasteiger partial charge on any atom is 0.168 e. The van der Waals surface area contributed by atoms with Crippen LogP contribution in [-0.2, 0) is 9.53 Å². The van der Waals surface area contributed by atoms with Crippen molar-refractivity contribution in [3.05, 3.63) is 11.8 Å². The highest BCUT2D eigenvalue weighted by molar-refractivity contribution is 7.99. The van der Waals surface area contributed by atoms with Gasteiger partial charge in [0.15, 0.2) is 5.78 Å². The largest absolute Gasteiger partial charge is 0.496 e. The predicted octanol–water partition coefficient (Wildman–Crippen LogP) is 2.64. The molecule has 3 heteroatoms. The van der Waals surface area contributed by atoms with Crippen LogP contribution in [0.15, 0.2) is 11.8 Å². The molecule has 2 nitrogen and oxygen atoms in total. The third-order valence-electron chi connectivity index (χ3n) is 2.77. The van der Waals surface area contributed by atoms with Gasteiger partial charge in [-0.05, 0) is 19.6 Å². The third kappa shape index (κ3) is 2.14. The second-order valence-electron chi connectivity index (χ2n) is 3.74. The zero-order valence-corrected chi connectivity index (χ0v) is 10.1. The van der Waals surface area contributed by atoms with Crippen LogP contribution in [0.3, 0.4) is 0 Å². The van der Waals surface area contributed by atoms with Gasteiger partial charge in [0.1, 0.15) is 6.10 Å². The van der Waals surface area contributed by atoms with E-state index in [9.17, 15) is 4.79 Å². The van der Waals surface area contributed by atoms with Gasteiger partial charge in [-0.1, -0.05) is 13.8 Å². The van der Waals surface area contributed by atoms with E-state index < -0.39 is 0 Å². The molecule has 0 saturated heterocycles. The van der Waals surface area contributed by atoms with Crippen molar-refractivity contribution in [2.75, 3.05) is 6.26 Å². The summed E-state index contributed by atoms with van der Waals surface area (Å²) in [6, 6.07) is 0. The molecule has 0 aromatic carbocycles. The molecule has 14 heavy (non-hydrogen) atoms. The van der Waals surface area contributed by atoms with Gasteiger partial charge in [-0.2, -0.15) is 11.8 Å². The minimum atomic E-state index is -0.00241. The molecular weight excluding hydrogens is 196 g/mol. The monoisotopic (exact) mass is 214 g/mol. The normalized spacial score (nSPS) is 29.4. The van der Waals surface area contributed by atoms with Gasteiger partial charge in [-0.15, -0.1) is 0 Å². The van der Waals surface area contributed by atoms with Crippen LogP contribution in [0.2, 0.25) is 0 Å². The van der Waals surface area contributed by atoms with Crippen LogP contribution < -0.4 is 0 Å². The van der Waals surface area contributed by atoms with Gasteiger partial charge < -0.3 is 4.74 Å². The highest BCUT2D eigenvalue weighted by atomic mass is 32.2. The third-order valence-corrected chi connectivity index (χ3v) is 3.98. The van der Waals surface area contributed by atoms with Crippen molar-refractivity contribution in [3.63, 3.8) is 0 Å². The van der Waals surface area contributed by atoms with Gasteiger partial charge in [-0.3, -0.25) is 4.79 Å². The molecule has 0 aromatic rings. The summed E-state index contributed by atoms with van der Waals surface area (Å²) in [6.45, 7) is 5.91. The van der Waals surface area contributed by atoms with E-state index >= 15 is 0 Å². The van der Waals surface area contributed by atoms with E-state index in [2.05, 4.69) is 13.2 Å². The Hall–Kier alpha value is -0.440. The van der Waals surface area contributed by atoms with Gasteiger partial charge in [0.25, 0.3) is 0 Å². The fraction of sp³-hybridized carbons (Fsp3) is 0.727. The van der Waals surface area contributed by atoms with E-state index in [0.717, 1.165) is 12.0 Å². The van der Waals surface area contributed by atoms with E-state index in [0.29, 0.717) is 5.25 Å². The number of ether oxygens (including phenoxy) is 1. The van der Waals surface area contributed by atoms with Crippen LogP contribution in [0.4, 0.5) is 0 Å². The quantitative estimate of drug-likeness (QED) is 0.722. The summed E-state index contributed by atoms with van der Waals surface area (Å²) in [6.07, 6.45) is 4.77. The van der Waals surface area contributed by atoms with E-state index in [-0.39, 0.29) is 17.8 Å². The Morgan fingerprint density at radius 2 is 2.29 bits per heavy atom. The first-order valence-electron chi connectivity index (χ1n) is 5.01. The molecule has 0 fully saturated rings. The van der Waals surface area contributed by atoms with Gasteiger partial charge in [0, 0.05) is 10.8 Å². The van der Waals surface area contributed by atoms with Crippen molar-refractivity contribution in [3.8, 4) is 0 Å². The maximum atomic E-state index is 11.7. The summed E-state index contributed by atoms with van der Waals surface area (Å²) in [7, 11) is 0. The van der Waals surface area contributed by atoms with E-state index in [1.807, 2.05) is 13.8 Å². The van der Waals surface area contributed by atoms with Gasteiger partial charge in [-0.25, -0.2) is 0 Å². The topological polar surface area (TPSA) is 26.3 Å².